The Bertz CT molecular complexity index is 1420. The van der Waals surface area contributed by atoms with E-state index in [0.717, 1.165) is 38.0 Å². The van der Waals surface area contributed by atoms with Gasteiger partial charge < -0.3 is 11.5 Å². The first-order valence-electron chi connectivity index (χ1n) is 9.71. The monoisotopic (exact) mass is 380 g/mol. The maximum Gasteiger partial charge on any atom is 0.0474 e. The maximum atomic E-state index is 6.78. The topological polar surface area (TPSA) is 52.0 Å². The predicted octanol–water partition coefficient (Wildman–Crippen LogP) is 4.33. The summed E-state index contributed by atoms with van der Waals surface area (Å²) in [5.41, 5.74) is 21.2. The standard InChI is InChI=1S/C25H24N2Si/c1-12-10-19(13(2)14(3)25(12)28)20-11-16-5-7-17-21(26)9-6-15-4-8-18(24(20)27)23(16)22(15)17/h4-11H,26-27H2,1-3,28H3. The first-order valence-corrected chi connectivity index (χ1v) is 10.7. The third kappa shape index (κ3) is 2.14. The van der Waals surface area contributed by atoms with Crippen LogP contribution >= 0.6 is 0 Å². The van der Waals surface area contributed by atoms with Crippen LogP contribution in [0, 0.1) is 20.8 Å². The molecule has 3 heteroatoms. The Morgan fingerprint density at radius 1 is 0.679 bits per heavy atom. The van der Waals surface area contributed by atoms with Crippen LogP contribution in [0.25, 0.3) is 43.4 Å². The van der Waals surface area contributed by atoms with E-state index in [1.807, 2.05) is 6.07 Å². The van der Waals surface area contributed by atoms with E-state index < -0.39 is 0 Å². The first-order chi connectivity index (χ1) is 13.4. The summed E-state index contributed by atoms with van der Waals surface area (Å²) in [6.45, 7) is 6.66. The van der Waals surface area contributed by atoms with Crippen LogP contribution in [0.5, 0.6) is 0 Å². The second-order valence-electron chi connectivity index (χ2n) is 8.03. The van der Waals surface area contributed by atoms with Crippen molar-refractivity contribution in [1.29, 1.82) is 0 Å². The minimum absolute atomic E-state index is 0.814. The van der Waals surface area contributed by atoms with E-state index in [9.17, 15) is 0 Å². The largest absolute Gasteiger partial charge is 0.398 e. The van der Waals surface area contributed by atoms with Crippen molar-refractivity contribution < 1.29 is 0 Å². The summed E-state index contributed by atoms with van der Waals surface area (Å²) in [6, 6.07) is 17.3. The molecule has 0 aliphatic carbocycles. The Morgan fingerprint density at radius 2 is 1.32 bits per heavy atom. The van der Waals surface area contributed by atoms with Gasteiger partial charge in [-0.1, -0.05) is 47.1 Å². The van der Waals surface area contributed by atoms with Gasteiger partial charge in [-0.25, -0.2) is 0 Å². The van der Waals surface area contributed by atoms with Crippen LogP contribution < -0.4 is 16.7 Å². The number of hydrogen-bond acceptors (Lipinski definition) is 2. The van der Waals surface area contributed by atoms with Gasteiger partial charge in [-0.3, -0.25) is 0 Å². The summed E-state index contributed by atoms with van der Waals surface area (Å²) >= 11 is 0. The molecular weight excluding hydrogens is 356 g/mol. The van der Waals surface area contributed by atoms with Crippen molar-refractivity contribution in [3.63, 3.8) is 0 Å². The van der Waals surface area contributed by atoms with Crippen molar-refractivity contribution in [1.82, 2.24) is 0 Å². The van der Waals surface area contributed by atoms with Gasteiger partial charge in [0.05, 0.1) is 0 Å². The summed E-state index contributed by atoms with van der Waals surface area (Å²) < 4.78 is 0. The van der Waals surface area contributed by atoms with Crippen LogP contribution in [-0.2, 0) is 0 Å². The van der Waals surface area contributed by atoms with E-state index in [4.69, 9.17) is 11.5 Å². The van der Waals surface area contributed by atoms with Crippen LogP contribution in [0.3, 0.4) is 0 Å². The highest BCUT2D eigenvalue weighted by Crippen LogP contribution is 2.43. The Morgan fingerprint density at radius 3 is 2.11 bits per heavy atom. The van der Waals surface area contributed by atoms with E-state index in [0.29, 0.717) is 0 Å². The summed E-state index contributed by atoms with van der Waals surface area (Å²) in [4.78, 5) is 0. The molecule has 5 rings (SSSR count). The van der Waals surface area contributed by atoms with Crippen molar-refractivity contribution >= 4 is 59.1 Å². The molecule has 0 atom stereocenters. The van der Waals surface area contributed by atoms with Gasteiger partial charge in [0.15, 0.2) is 0 Å². The highest BCUT2D eigenvalue weighted by atomic mass is 28.1. The highest BCUT2D eigenvalue weighted by Gasteiger charge is 2.17. The molecule has 5 aromatic carbocycles. The smallest absolute Gasteiger partial charge is 0.0474 e. The van der Waals surface area contributed by atoms with E-state index >= 15 is 0 Å². The normalized spacial score (nSPS) is 12.0. The molecule has 28 heavy (non-hydrogen) atoms. The summed E-state index contributed by atoms with van der Waals surface area (Å²) in [5.74, 6) is 0. The van der Waals surface area contributed by atoms with Crippen molar-refractivity contribution in [2.45, 2.75) is 20.8 Å². The molecule has 0 aliphatic heterocycles. The van der Waals surface area contributed by atoms with Crippen molar-refractivity contribution in [2.75, 3.05) is 11.5 Å². The lowest BCUT2D eigenvalue weighted by atomic mass is 9.87. The van der Waals surface area contributed by atoms with E-state index in [-0.39, 0.29) is 0 Å². The molecule has 0 heterocycles. The molecule has 0 fully saturated rings. The first kappa shape index (κ1) is 17.1. The molecule has 0 bridgehead atoms. The van der Waals surface area contributed by atoms with Crippen molar-refractivity contribution in [3.8, 4) is 11.1 Å². The van der Waals surface area contributed by atoms with Gasteiger partial charge >= 0.3 is 0 Å². The molecule has 0 aromatic heterocycles. The number of nitrogens with two attached hydrogens (primary N) is 2. The SMILES string of the molecule is Cc1cc(-c2cc3ccc4c(N)ccc5ccc(c2N)c3c54)c(C)c(C)c1[SiH3]. The van der Waals surface area contributed by atoms with E-state index in [2.05, 4.69) is 63.2 Å². The van der Waals surface area contributed by atoms with Gasteiger partial charge in [-0.05, 0) is 71.1 Å². The molecule has 2 nitrogen and oxygen atoms in total. The lowest BCUT2D eigenvalue weighted by molar-refractivity contribution is 1.33. The number of nitrogen functional groups attached to an aromatic ring is 2. The fraction of sp³-hybridized carbons (Fsp3) is 0.120. The number of rotatable bonds is 1. The van der Waals surface area contributed by atoms with E-state index in [1.165, 1.54) is 49.0 Å². The Balaban J connectivity index is 1.95. The Labute approximate surface area is 167 Å². The van der Waals surface area contributed by atoms with Crippen molar-refractivity contribution in [3.05, 3.63) is 65.2 Å². The molecule has 0 saturated heterocycles. The molecule has 0 radical (unpaired) electrons. The predicted molar refractivity (Wildman–Crippen MR) is 128 cm³/mol. The zero-order valence-corrected chi connectivity index (χ0v) is 18.8. The number of aryl methyl sites for hydroxylation is 1. The average molecular weight is 381 g/mol. The Kier molecular flexibility index (Phi) is 3.49. The van der Waals surface area contributed by atoms with Gasteiger partial charge in [0, 0.05) is 38.0 Å². The van der Waals surface area contributed by atoms with Crippen LogP contribution in [0.15, 0.2) is 48.5 Å². The Hall–Kier alpha value is -3.04. The van der Waals surface area contributed by atoms with Crippen LogP contribution in [-0.4, -0.2) is 10.2 Å². The fourth-order valence-corrected chi connectivity index (χ4v) is 5.15. The van der Waals surface area contributed by atoms with E-state index in [1.54, 1.807) is 0 Å². The molecule has 5 aromatic rings. The molecule has 0 saturated carbocycles. The summed E-state index contributed by atoms with van der Waals surface area (Å²) in [7, 11) is 1.06. The minimum atomic E-state index is 0.814. The molecule has 4 N–H and O–H groups in total. The van der Waals surface area contributed by atoms with Gasteiger partial charge in [0.25, 0.3) is 0 Å². The van der Waals surface area contributed by atoms with Gasteiger partial charge in [0.1, 0.15) is 0 Å². The average Bonchev–Trinajstić information content (AvgIpc) is 2.70. The third-order valence-corrected chi connectivity index (χ3v) is 8.17. The highest BCUT2D eigenvalue weighted by molar-refractivity contribution is 6.34. The summed E-state index contributed by atoms with van der Waals surface area (Å²) in [6.07, 6.45) is 0. The molecule has 0 amide bonds. The molecule has 138 valence electrons. The molecule has 0 spiro atoms. The quantitative estimate of drug-likeness (QED) is 0.258. The number of hydrogen-bond donors (Lipinski definition) is 2. The minimum Gasteiger partial charge on any atom is -0.398 e. The zero-order valence-electron chi connectivity index (χ0n) is 16.8. The molecule has 0 aliphatic rings. The van der Waals surface area contributed by atoms with Crippen molar-refractivity contribution in [2.24, 2.45) is 0 Å². The second-order valence-corrected chi connectivity index (χ2v) is 9.03. The van der Waals surface area contributed by atoms with Gasteiger partial charge in [-0.15, -0.1) is 0 Å². The lowest BCUT2D eigenvalue weighted by Gasteiger charge is -2.19. The van der Waals surface area contributed by atoms with Crippen LogP contribution in [0.4, 0.5) is 11.4 Å². The van der Waals surface area contributed by atoms with Crippen LogP contribution in [0.1, 0.15) is 16.7 Å². The fourth-order valence-electron chi connectivity index (χ4n) is 4.64. The van der Waals surface area contributed by atoms with Crippen LogP contribution in [0.2, 0.25) is 0 Å². The lowest BCUT2D eigenvalue weighted by Crippen LogP contribution is -2.14. The maximum absolute atomic E-state index is 6.78. The molecular formula is C25H24N2Si. The summed E-state index contributed by atoms with van der Waals surface area (Å²) in [5, 5.41) is 8.56. The third-order valence-electron chi connectivity index (χ3n) is 6.63. The van der Waals surface area contributed by atoms with Gasteiger partial charge in [0.2, 0.25) is 0 Å². The molecule has 0 unspecified atom stereocenters. The zero-order chi connectivity index (χ0) is 19.7. The van der Waals surface area contributed by atoms with Gasteiger partial charge in [-0.2, -0.15) is 0 Å². The number of anilines is 2. The second kappa shape index (κ2) is 5.73. The number of benzene rings is 5.